The molecule has 0 aromatic heterocycles. The number of anilines is 3. The second kappa shape index (κ2) is 11.5. The Balaban J connectivity index is 1.60. The SMILES string of the molecule is COc1ccccc1NC(=S)Nc1cccc(SC(C)C(=O)Nc2ccc([N+](=O)[O-])cc2C)c1. The van der Waals surface area contributed by atoms with E-state index in [4.69, 9.17) is 17.0 Å². The van der Waals surface area contributed by atoms with Crippen LogP contribution >= 0.6 is 24.0 Å². The zero-order chi connectivity index (χ0) is 24.7. The van der Waals surface area contributed by atoms with E-state index in [0.717, 1.165) is 16.3 Å². The van der Waals surface area contributed by atoms with Gasteiger partial charge in [0.25, 0.3) is 5.69 Å². The maximum Gasteiger partial charge on any atom is 0.269 e. The van der Waals surface area contributed by atoms with Crippen molar-refractivity contribution in [1.82, 2.24) is 0 Å². The van der Waals surface area contributed by atoms with Gasteiger partial charge in [0.2, 0.25) is 5.91 Å². The number of nitrogens with one attached hydrogen (secondary N) is 3. The summed E-state index contributed by atoms with van der Waals surface area (Å²) in [6, 6.07) is 19.4. The Hall–Kier alpha value is -3.63. The number of thioether (sulfide) groups is 1. The first-order valence-corrected chi connectivity index (χ1v) is 11.6. The van der Waals surface area contributed by atoms with Crippen LogP contribution in [0.4, 0.5) is 22.7 Å². The van der Waals surface area contributed by atoms with Crippen LogP contribution in [0.1, 0.15) is 12.5 Å². The topological polar surface area (TPSA) is 106 Å². The number of ether oxygens (including phenoxy) is 1. The standard InChI is InChI=1S/C24H24N4O4S2/c1-15-13-18(28(30)31)11-12-20(15)26-23(29)16(2)34-19-8-6-7-17(14-19)25-24(33)27-21-9-4-5-10-22(21)32-3/h4-14,16H,1-3H3,(H,26,29)(H2,25,27,33). The fourth-order valence-corrected chi connectivity index (χ4v) is 4.23. The zero-order valence-electron chi connectivity index (χ0n) is 18.8. The van der Waals surface area contributed by atoms with E-state index in [1.165, 1.54) is 23.9 Å². The molecular formula is C24H24N4O4S2. The highest BCUT2D eigenvalue weighted by atomic mass is 32.2. The average Bonchev–Trinajstić information content (AvgIpc) is 2.80. The van der Waals surface area contributed by atoms with Crippen LogP contribution in [-0.4, -0.2) is 28.3 Å². The monoisotopic (exact) mass is 496 g/mol. The van der Waals surface area contributed by atoms with E-state index in [9.17, 15) is 14.9 Å². The quantitative estimate of drug-likeness (QED) is 0.155. The number of methoxy groups -OCH3 is 1. The van der Waals surface area contributed by atoms with Crippen molar-refractivity contribution in [3.8, 4) is 5.75 Å². The Kier molecular flexibility index (Phi) is 8.44. The van der Waals surface area contributed by atoms with Gasteiger partial charge in [0.1, 0.15) is 5.75 Å². The summed E-state index contributed by atoms with van der Waals surface area (Å²) < 4.78 is 5.33. The van der Waals surface area contributed by atoms with Gasteiger partial charge in [-0.25, -0.2) is 0 Å². The van der Waals surface area contributed by atoms with Crippen molar-refractivity contribution < 1.29 is 14.5 Å². The second-order valence-corrected chi connectivity index (χ2v) is 9.14. The van der Waals surface area contributed by atoms with Crippen LogP contribution in [0, 0.1) is 17.0 Å². The summed E-state index contributed by atoms with van der Waals surface area (Å²) in [7, 11) is 1.60. The van der Waals surface area contributed by atoms with Gasteiger partial charge in [0.15, 0.2) is 5.11 Å². The molecule has 1 atom stereocenters. The minimum absolute atomic E-state index is 0.0136. The third-order valence-corrected chi connectivity index (χ3v) is 6.11. The lowest BCUT2D eigenvalue weighted by Crippen LogP contribution is -2.23. The van der Waals surface area contributed by atoms with Crippen molar-refractivity contribution >= 4 is 57.7 Å². The average molecular weight is 497 g/mol. The lowest BCUT2D eigenvalue weighted by molar-refractivity contribution is -0.384. The number of nitro groups is 1. The number of para-hydroxylation sites is 2. The number of carbonyl (C=O) groups excluding carboxylic acids is 1. The molecule has 1 unspecified atom stereocenters. The maximum atomic E-state index is 12.7. The largest absolute Gasteiger partial charge is 0.495 e. The molecule has 1 amide bonds. The summed E-state index contributed by atoms with van der Waals surface area (Å²) in [6.45, 7) is 3.52. The van der Waals surface area contributed by atoms with Gasteiger partial charge in [-0.2, -0.15) is 0 Å². The number of rotatable bonds is 8. The Labute approximate surface area is 207 Å². The first-order valence-electron chi connectivity index (χ1n) is 10.3. The van der Waals surface area contributed by atoms with E-state index in [2.05, 4.69) is 16.0 Å². The van der Waals surface area contributed by atoms with Gasteiger partial charge in [-0.05, 0) is 68.0 Å². The molecule has 3 aromatic carbocycles. The van der Waals surface area contributed by atoms with Crippen LogP contribution in [0.2, 0.25) is 0 Å². The van der Waals surface area contributed by atoms with E-state index in [1.54, 1.807) is 27.0 Å². The summed E-state index contributed by atoms with van der Waals surface area (Å²) >= 11 is 6.81. The Morgan fingerprint density at radius 3 is 2.50 bits per heavy atom. The Morgan fingerprint density at radius 1 is 1.03 bits per heavy atom. The van der Waals surface area contributed by atoms with Crippen molar-refractivity contribution in [2.24, 2.45) is 0 Å². The minimum atomic E-state index is -0.463. The molecule has 0 aliphatic heterocycles. The van der Waals surface area contributed by atoms with Crippen LogP contribution < -0.4 is 20.7 Å². The van der Waals surface area contributed by atoms with Crippen molar-refractivity contribution in [2.75, 3.05) is 23.1 Å². The van der Waals surface area contributed by atoms with Gasteiger partial charge < -0.3 is 20.7 Å². The van der Waals surface area contributed by atoms with E-state index in [-0.39, 0.29) is 11.6 Å². The van der Waals surface area contributed by atoms with Crippen molar-refractivity contribution in [1.29, 1.82) is 0 Å². The predicted molar refractivity (Wildman–Crippen MR) is 141 cm³/mol. The number of nitrogens with zero attached hydrogens (tertiary/aromatic N) is 1. The highest BCUT2D eigenvalue weighted by molar-refractivity contribution is 8.00. The van der Waals surface area contributed by atoms with Crippen LogP contribution in [-0.2, 0) is 4.79 Å². The molecule has 0 aliphatic carbocycles. The summed E-state index contributed by atoms with van der Waals surface area (Å²) in [5.41, 5.74) is 2.68. The molecule has 34 heavy (non-hydrogen) atoms. The number of hydrogen-bond donors (Lipinski definition) is 3. The van der Waals surface area contributed by atoms with Gasteiger partial charge in [0, 0.05) is 28.4 Å². The number of nitro benzene ring substituents is 1. The highest BCUT2D eigenvalue weighted by Gasteiger charge is 2.17. The molecule has 10 heteroatoms. The predicted octanol–water partition coefficient (Wildman–Crippen LogP) is 5.84. The summed E-state index contributed by atoms with van der Waals surface area (Å²) in [5, 5.41) is 20.0. The molecule has 0 aliphatic rings. The van der Waals surface area contributed by atoms with Crippen LogP contribution in [0.3, 0.4) is 0 Å². The van der Waals surface area contributed by atoms with E-state index in [0.29, 0.717) is 22.1 Å². The fourth-order valence-electron chi connectivity index (χ4n) is 3.07. The first kappa shape index (κ1) is 25.0. The molecule has 0 heterocycles. The lowest BCUT2D eigenvalue weighted by Gasteiger charge is -2.15. The smallest absolute Gasteiger partial charge is 0.269 e. The lowest BCUT2D eigenvalue weighted by atomic mass is 10.2. The number of non-ortho nitro benzene ring substituents is 1. The van der Waals surface area contributed by atoms with Gasteiger partial charge in [0.05, 0.1) is 23.0 Å². The molecule has 3 rings (SSSR count). The first-order chi connectivity index (χ1) is 16.3. The number of thiocarbonyl (C=S) groups is 1. The van der Waals surface area contributed by atoms with Crippen molar-refractivity contribution in [3.63, 3.8) is 0 Å². The number of benzene rings is 3. The van der Waals surface area contributed by atoms with Crippen molar-refractivity contribution in [2.45, 2.75) is 24.0 Å². The number of amides is 1. The molecule has 0 bridgehead atoms. The van der Waals surface area contributed by atoms with Gasteiger partial charge in [-0.3, -0.25) is 14.9 Å². The van der Waals surface area contributed by atoms with Crippen LogP contribution in [0.15, 0.2) is 71.6 Å². The molecule has 176 valence electrons. The molecular weight excluding hydrogens is 472 g/mol. The summed E-state index contributed by atoms with van der Waals surface area (Å²) in [5.74, 6) is 0.479. The normalized spacial score (nSPS) is 11.3. The minimum Gasteiger partial charge on any atom is -0.495 e. The third kappa shape index (κ3) is 6.69. The van der Waals surface area contributed by atoms with Gasteiger partial charge in [-0.15, -0.1) is 11.8 Å². The summed E-state index contributed by atoms with van der Waals surface area (Å²) in [4.78, 5) is 24.0. The van der Waals surface area contributed by atoms with Gasteiger partial charge in [-0.1, -0.05) is 18.2 Å². The maximum absolute atomic E-state index is 12.7. The molecule has 8 nitrogen and oxygen atoms in total. The molecule has 0 spiro atoms. The van der Waals surface area contributed by atoms with Crippen LogP contribution in [0.25, 0.3) is 0 Å². The molecule has 0 fully saturated rings. The molecule has 0 radical (unpaired) electrons. The Bertz CT molecular complexity index is 1220. The van der Waals surface area contributed by atoms with E-state index >= 15 is 0 Å². The van der Waals surface area contributed by atoms with E-state index < -0.39 is 10.2 Å². The third-order valence-electron chi connectivity index (χ3n) is 4.81. The summed E-state index contributed by atoms with van der Waals surface area (Å²) in [6.07, 6.45) is 0. The van der Waals surface area contributed by atoms with Gasteiger partial charge >= 0.3 is 0 Å². The second-order valence-electron chi connectivity index (χ2n) is 7.31. The zero-order valence-corrected chi connectivity index (χ0v) is 20.5. The molecule has 0 saturated heterocycles. The highest BCUT2D eigenvalue weighted by Crippen LogP contribution is 2.28. The Morgan fingerprint density at radius 2 is 1.79 bits per heavy atom. The number of carbonyl (C=O) groups is 1. The number of aryl methyl sites for hydroxylation is 1. The van der Waals surface area contributed by atoms with Crippen molar-refractivity contribution in [3.05, 3.63) is 82.4 Å². The fraction of sp³-hybridized carbons (Fsp3) is 0.167. The molecule has 3 N–H and O–H groups in total. The molecule has 3 aromatic rings. The van der Waals surface area contributed by atoms with E-state index in [1.807, 2.05) is 48.5 Å². The number of hydrogen-bond acceptors (Lipinski definition) is 6. The van der Waals surface area contributed by atoms with Crippen LogP contribution in [0.5, 0.6) is 5.75 Å². The molecule has 0 saturated carbocycles.